The summed E-state index contributed by atoms with van der Waals surface area (Å²) in [5, 5.41) is 11.7. The summed E-state index contributed by atoms with van der Waals surface area (Å²) in [6, 6.07) is 6.19. The Hall–Kier alpha value is -3.14. The normalized spacial score (nSPS) is 19.0. The number of carboxylic acids is 1. The topological polar surface area (TPSA) is 84.9 Å². The molecule has 2 rings (SSSR count). The van der Waals surface area contributed by atoms with Gasteiger partial charge in [-0.2, -0.15) is 0 Å². The number of hydrogen-bond donors (Lipinski definition) is 2. The lowest BCUT2D eigenvalue weighted by Crippen LogP contribution is -2.29. The number of allylic oxidation sites excluding steroid dienone is 3. The molecule has 1 aromatic rings. The van der Waals surface area contributed by atoms with Gasteiger partial charge in [0.15, 0.2) is 0 Å². The van der Waals surface area contributed by atoms with Gasteiger partial charge in [-0.15, -0.1) is 6.42 Å². The third-order valence-electron chi connectivity index (χ3n) is 3.63. The van der Waals surface area contributed by atoms with Crippen LogP contribution in [0.25, 0.3) is 0 Å². The van der Waals surface area contributed by atoms with E-state index in [1.54, 1.807) is 37.5 Å². The maximum absolute atomic E-state index is 12.1. The number of amides is 1. The molecule has 1 aliphatic carbocycles. The molecule has 2 atom stereocenters. The number of ether oxygens (including phenoxy) is 2. The molecular weight excluding hydrogens is 334 g/mol. The van der Waals surface area contributed by atoms with Gasteiger partial charge in [0.25, 0.3) is 0 Å². The first-order chi connectivity index (χ1) is 12.5. The maximum atomic E-state index is 12.1. The number of carbonyl (C=O) groups is 2. The number of methoxy groups -OCH3 is 1. The zero-order valence-corrected chi connectivity index (χ0v) is 14.2. The summed E-state index contributed by atoms with van der Waals surface area (Å²) in [6.45, 7) is 0.151. The van der Waals surface area contributed by atoms with Crippen LogP contribution in [0.2, 0.25) is 0 Å². The molecule has 0 fully saturated rings. The molecule has 1 aliphatic rings. The number of aromatic carboxylic acids is 1. The molecule has 0 bridgehead atoms. The van der Waals surface area contributed by atoms with Crippen molar-refractivity contribution in [1.29, 1.82) is 0 Å². The van der Waals surface area contributed by atoms with Crippen molar-refractivity contribution in [3.05, 3.63) is 65.8 Å². The molecular formula is C20H19NO5. The summed E-state index contributed by atoms with van der Waals surface area (Å²) in [4.78, 5) is 23.2. The fourth-order valence-electron chi connectivity index (χ4n) is 2.39. The van der Waals surface area contributed by atoms with Crippen molar-refractivity contribution in [2.75, 3.05) is 19.0 Å². The van der Waals surface area contributed by atoms with Crippen molar-refractivity contribution in [2.45, 2.75) is 12.2 Å². The van der Waals surface area contributed by atoms with Crippen LogP contribution in [0.3, 0.4) is 0 Å². The van der Waals surface area contributed by atoms with Crippen molar-refractivity contribution >= 4 is 17.6 Å². The highest BCUT2D eigenvalue weighted by molar-refractivity contribution is 6.04. The number of anilines is 1. The molecule has 0 aliphatic heterocycles. The van der Waals surface area contributed by atoms with Gasteiger partial charge in [-0.3, -0.25) is 4.79 Å². The van der Waals surface area contributed by atoms with Crippen LogP contribution < -0.4 is 5.32 Å². The van der Waals surface area contributed by atoms with E-state index in [9.17, 15) is 9.59 Å². The number of benzene rings is 1. The molecule has 6 heteroatoms. The standard InChI is InChI=1S/C20H19NO5/c1-3-12-26-18-13-14(8-10-17(18)25-2)9-11-19(22)21-16-7-5-4-6-15(16)20(23)24/h1,4-11,13,17-18H,12H2,2H3,(H,21,22)(H,23,24)/b11-9+. The Kier molecular flexibility index (Phi) is 6.92. The lowest BCUT2D eigenvalue weighted by Gasteiger charge is -2.23. The van der Waals surface area contributed by atoms with E-state index in [0.29, 0.717) is 0 Å². The van der Waals surface area contributed by atoms with Gasteiger partial charge in [0, 0.05) is 13.2 Å². The first-order valence-corrected chi connectivity index (χ1v) is 7.84. The zero-order chi connectivity index (χ0) is 18.9. The second-order valence-electron chi connectivity index (χ2n) is 5.38. The largest absolute Gasteiger partial charge is 0.478 e. The molecule has 1 aromatic carbocycles. The molecule has 2 unspecified atom stereocenters. The quantitative estimate of drug-likeness (QED) is 0.581. The van der Waals surface area contributed by atoms with Gasteiger partial charge in [-0.25, -0.2) is 4.79 Å². The van der Waals surface area contributed by atoms with Crippen LogP contribution in [0.4, 0.5) is 5.69 Å². The molecule has 0 radical (unpaired) electrons. The van der Waals surface area contributed by atoms with Crippen LogP contribution in [0.15, 0.2) is 60.2 Å². The summed E-state index contributed by atoms with van der Waals surface area (Å²) in [5.41, 5.74) is 1.01. The minimum atomic E-state index is -1.11. The number of nitrogens with one attached hydrogen (secondary N) is 1. The van der Waals surface area contributed by atoms with E-state index in [4.69, 9.17) is 21.0 Å². The first-order valence-electron chi connectivity index (χ1n) is 7.84. The lowest BCUT2D eigenvalue weighted by molar-refractivity contribution is -0.111. The highest BCUT2D eigenvalue weighted by Crippen LogP contribution is 2.18. The smallest absolute Gasteiger partial charge is 0.337 e. The Labute approximate surface area is 151 Å². The molecule has 134 valence electrons. The van der Waals surface area contributed by atoms with Crippen molar-refractivity contribution < 1.29 is 24.2 Å². The van der Waals surface area contributed by atoms with Crippen molar-refractivity contribution in [3.63, 3.8) is 0 Å². The summed E-state index contributed by atoms with van der Waals surface area (Å²) >= 11 is 0. The molecule has 0 spiro atoms. The van der Waals surface area contributed by atoms with Crippen LogP contribution >= 0.6 is 0 Å². The SMILES string of the molecule is C#CCOC1C=C(/C=C/C(=O)Nc2ccccc2C(=O)O)C=CC1OC. The zero-order valence-electron chi connectivity index (χ0n) is 14.2. The molecule has 0 aromatic heterocycles. The van der Waals surface area contributed by atoms with Gasteiger partial charge < -0.3 is 19.9 Å². The fraction of sp³-hybridized carbons (Fsp3) is 0.200. The van der Waals surface area contributed by atoms with Crippen LogP contribution in [0.1, 0.15) is 10.4 Å². The van der Waals surface area contributed by atoms with Crippen molar-refractivity contribution in [1.82, 2.24) is 0 Å². The third kappa shape index (κ3) is 5.18. The second kappa shape index (κ2) is 9.37. The molecule has 6 nitrogen and oxygen atoms in total. The number of rotatable bonds is 7. The van der Waals surface area contributed by atoms with E-state index in [2.05, 4.69) is 11.2 Å². The lowest BCUT2D eigenvalue weighted by atomic mass is 10.0. The van der Waals surface area contributed by atoms with Crippen LogP contribution in [0.5, 0.6) is 0 Å². The van der Waals surface area contributed by atoms with Crippen LogP contribution in [0, 0.1) is 12.3 Å². The molecule has 2 N–H and O–H groups in total. The van der Waals surface area contributed by atoms with E-state index in [-0.39, 0.29) is 30.1 Å². The van der Waals surface area contributed by atoms with Crippen molar-refractivity contribution in [3.8, 4) is 12.3 Å². The fourth-order valence-corrected chi connectivity index (χ4v) is 2.39. The van der Waals surface area contributed by atoms with E-state index in [0.717, 1.165) is 5.57 Å². The Morgan fingerprint density at radius 1 is 1.35 bits per heavy atom. The molecule has 0 saturated heterocycles. The highest BCUT2D eigenvalue weighted by Gasteiger charge is 2.20. The monoisotopic (exact) mass is 353 g/mol. The first kappa shape index (κ1) is 19.2. The van der Waals surface area contributed by atoms with E-state index in [1.165, 1.54) is 18.2 Å². The second-order valence-corrected chi connectivity index (χ2v) is 5.38. The van der Waals surface area contributed by atoms with Crippen LogP contribution in [-0.4, -0.2) is 42.9 Å². The van der Waals surface area contributed by atoms with Gasteiger partial charge >= 0.3 is 5.97 Å². The predicted molar refractivity (Wildman–Crippen MR) is 97.8 cm³/mol. The number of carboxylic acid groups (broad SMARTS) is 1. The van der Waals surface area contributed by atoms with Gasteiger partial charge in [0.2, 0.25) is 5.91 Å². The Morgan fingerprint density at radius 3 is 2.81 bits per heavy atom. The summed E-state index contributed by atoms with van der Waals surface area (Å²) in [6.07, 6.45) is 13.0. The number of para-hydroxylation sites is 1. The number of carbonyl (C=O) groups excluding carboxylic acids is 1. The molecule has 26 heavy (non-hydrogen) atoms. The Bertz CT molecular complexity index is 801. The molecule has 0 saturated carbocycles. The van der Waals surface area contributed by atoms with Gasteiger partial charge in [0.05, 0.1) is 11.3 Å². The van der Waals surface area contributed by atoms with E-state index in [1.807, 2.05) is 6.08 Å². The molecule has 1 amide bonds. The summed E-state index contributed by atoms with van der Waals surface area (Å²) in [7, 11) is 1.57. The maximum Gasteiger partial charge on any atom is 0.337 e. The number of terminal acetylenes is 1. The van der Waals surface area contributed by atoms with E-state index < -0.39 is 11.9 Å². The minimum Gasteiger partial charge on any atom is -0.478 e. The average Bonchev–Trinajstić information content (AvgIpc) is 2.65. The van der Waals surface area contributed by atoms with Crippen molar-refractivity contribution in [2.24, 2.45) is 0 Å². The average molecular weight is 353 g/mol. The van der Waals surface area contributed by atoms with Gasteiger partial charge in [-0.1, -0.05) is 30.2 Å². The van der Waals surface area contributed by atoms with Gasteiger partial charge in [0.1, 0.15) is 18.8 Å². The Morgan fingerprint density at radius 2 is 2.12 bits per heavy atom. The minimum absolute atomic E-state index is 0.0247. The van der Waals surface area contributed by atoms with Gasteiger partial charge in [-0.05, 0) is 29.9 Å². The van der Waals surface area contributed by atoms with E-state index >= 15 is 0 Å². The Balaban J connectivity index is 2.06. The highest BCUT2D eigenvalue weighted by atomic mass is 16.5. The summed E-state index contributed by atoms with van der Waals surface area (Å²) in [5.74, 6) is 0.854. The predicted octanol–water partition coefficient (Wildman–Crippen LogP) is 2.41. The summed E-state index contributed by atoms with van der Waals surface area (Å²) < 4.78 is 10.8. The number of hydrogen-bond acceptors (Lipinski definition) is 4. The molecule has 0 heterocycles. The van der Waals surface area contributed by atoms with Crippen LogP contribution in [-0.2, 0) is 14.3 Å². The third-order valence-corrected chi connectivity index (χ3v) is 3.63.